The number of hydrogen-bond acceptors (Lipinski definition) is 7. The zero-order valence-electron chi connectivity index (χ0n) is 18.8. The lowest BCUT2D eigenvalue weighted by Gasteiger charge is -2.09. The number of nitrogens with zero attached hydrogens (tertiary/aromatic N) is 1. The second kappa shape index (κ2) is 11.8. The summed E-state index contributed by atoms with van der Waals surface area (Å²) < 4.78 is 10.9. The number of ether oxygens (including phenoxy) is 2. The van der Waals surface area contributed by atoms with Gasteiger partial charge < -0.3 is 14.8 Å². The molecule has 8 nitrogen and oxygen atoms in total. The van der Waals surface area contributed by atoms with E-state index in [1.54, 1.807) is 30.5 Å². The number of hydrogen-bond donors (Lipinski definition) is 1. The van der Waals surface area contributed by atoms with Crippen LogP contribution >= 0.6 is 11.3 Å². The summed E-state index contributed by atoms with van der Waals surface area (Å²) in [5.74, 6) is -0.393. The summed E-state index contributed by atoms with van der Waals surface area (Å²) in [5, 5.41) is 15.9. The number of amides is 1. The van der Waals surface area contributed by atoms with Gasteiger partial charge in [-0.05, 0) is 31.1 Å². The Balaban J connectivity index is 1.88. The maximum Gasteiger partial charge on any atom is 0.341 e. The third kappa shape index (κ3) is 6.08. The molecule has 0 atom stereocenters. The monoisotopic (exact) mass is 480 g/mol. The Labute approximate surface area is 201 Å². The molecular weight excluding hydrogens is 456 g/mol. The van der Waals surface area contributed by atoms with Crippen molar-refractivity contribution in [3.8, 4) is 16.9 Å². The molecule has 1 N–H and O–H groups in total. The Kier molecular flexibility index (Phi) is 8.53. The van der Waals surface area contributed by atoms with Gasteiger partial charge >= 0.3 is 5.97 Å². The van der Waals surface area contributed by atoms with E-state index < -0.39 is 16.8 Å². The number of non-ortho nitro benzene ring substituents is 1. The van der Waals surface area contributed by atoms with Crippen LogP contribution in [-0.4, -0.2) is 30.0 Å². The molecule has 1 amide bonds. The normalized spacial score (nSPS) is 10.8. The lowest BCUT2D eigenvalue weighted by Crippen LogP contribution is -2.12. The standard InChI is InChI=1S/C25H24N2O6S/c1-3-14-33-21-11-6-5-8-17(21)12-13-22(28)26-24-23(25(29)32-4-2)20(16-34-24)18-9-7-10-19(15-18)27(30)31/h5-13,15-16H,3-4,14H2,1-2H3,(H,26,28)/b13-12+. The van der Waals surface area contributed by atoms with Gasteiger partial charge in [0.25, 0.3) is 5.69 Å². The van der Waals surface area contributed by atoms with Crippen molar-refractivity contribution >= 4 is 40.0 Å². The summed E-state index contributed by atoms with van der Waals surface area (Å²) in [6.45, 7) is 4.40. The number of esters is 1. The molecule has 9 heteroatoms. The molecule has 0 saturated carbocycles. The average molecular weight is 481 g/mol. The lowest BCUT2D eigenvalue weighted by atomic mass is 10.0. The van der Waals surface area contributed by atoms with E-state index in [-0.39, 0.29) is 17.9 Å². The molecule has 34 heavy (non-hydrogen) atoms. The second-order valence-corrected chi connectivity index (χ2v) is 7.97. The molecule has 2 aromatic carbocycles. The highest BCUT2D eigenvalue weighted by Crippen LogP contribution is 2.37. The highest BCUT2D eigenvalue weighted by Gasteiger charge is 2.23. The van der Waals surface area contributed by atoms with Crippen LogP contribution in [0, 0.1) is 10.1 Å². The Bertz CT molecular complexity index is 1220. The highest BCUT2D eigenvalue weighted by molar-refractivity contribution is 7.15. The van der Waals surface area contributed by atoms with Crippen molar-refractivity contribution in [3.05, 3.63) is 81.2 Å². The van der Waals surface area contributed by atoms with Gasteiger partial charge in [-0.1, -0.05) is 37.3 Å². The molecule has 1 aromatic heterocycles. The van der Waals surface area contributed by atoms with Crippen LogP contribution < -0.4 is 10.1 Å². The van der Waals surface area contributed by atoms with Crippen LogP contribution in [0.15, 0.2) is 60.0 Å². The summed E-state index contributed by atoms with van der Waals surface area (Å²) in [7, 11) is 0. The van der Waals surface area contributed by atoms with Gasteiger partial charge in [-0.3, -0.25) is 14.9 Å². The third-order valence-electron chi connectivity index (χ3n) is 4.67. The largest absolute Gasteiger partial charge is 0.493 e. The number of para-hydroxylation sites is 1. The SMILES string of the molecule is CCCOc1ccccc1/C=C/C(=O)Nc1scc(-c2cccc([N+](=O)[O-])c2)c1C(=O)OCC. The smallest absolute Gasteiger partial charge is 0.341 e. The average Bonchev–Trinajstić information content (AvgIpc) is 3.25. The predicted molar refractivity (Wildman–Crippen MR) is 132 cm³/mol. The fourth-order valence-corrected chi connectivity index (χ4v) is 4.10. The minimum absolute atomic E-state index is 0.101. The number of nitrogens with one attached hydrogen (secondary N) is 1. The summed E-state index contributed by atoms with van der Waals surface area (Å²) in [6.07, 6.45) is 3.86. The van der Waals surface area contributed by atoms with Crippen molar-refractivity contribution < 1.29 is 24.0 Å². The lowest BCUT2D eigenvalue weighted by molar-refractivity contribution is -0.384. The second-order valence-electron chi connectivity index (χ2n) is 7.09. The molecule has 0 aliphatic heterocycles. The van der Waals surface area contributed by atoms with E-state index in [1.165, 1.54) is 18.2 Å². The third-order valence-corrected chi connectivity index (χ3v) is 5.57. The number of benzene rings is 2. The van der Waals surface area contributed by atoms with Gasteiger partial charge in [0.1, 0.15) is 16.3 Å². The molecule has 3 rings (SSSR count). The minimum atomic E-state index is -0.622. The summed E-state index contributed by atoms with van der Waals surface area (Å²) in [5.41, 5.74) is 1.73. The molecule has 0 fully saturated rings. The predicted octanol–water partition coefficient (Wildman–Crippen LogP) is 5.94. The van der Waals surface area contributed by atoms with Crippen molar-refractivity contribution in [2.24, 2.45) is 0 Å². The maximum absolute atomic E-state index is 12.7. The van der Waals surface area contributed by atoms with E-state index in [4.69, 9.17) is 9.47 Å². The summed E-state index contributed by atoms with van der Waals surface area (Å²) in [4.78, 5) is 36.0. The van der Waals surface area contributed by atoms with Crippen LogP contribution in [0.2, 0.25) is 0 Å². The van der Waals surface area contributed by atoms with E-state index >= 15 is 0 Å². The number of carbonyl (C=O) groups excluding carboxylic acids is 2. The first-order valence-corrected chi connectivity index (χ1v) is 11.6. The van der Waals surface area contributed by atoms with Crippen molar-refractivity contribution in [2.45, 2.75) is 20.3 Å². The molecule has 0 bridgehead atoms. The first-order valence-electron chi connectivity index (χ1n) is 10.7. The number of anilines is 1. The molecule has 3 aromatic rings. The van der Waals surface area contributed by atoms with E-state index in [0.717, 1.165) is 23.3 Å². The Morgan fingerprint density at radius 3 is 2.68 bits per heavy atom. The van der Waals surface area contributed by atoms with Crippen LogP contribution in [0.3, 0.4) is 0 Å². The molecule has 0 aliphatic carbocycles. The summed E-state index contributed by atoms with van der Waals surface area (Å²) in [6, 6.07) is 13.3. The van der Waals surface area contributed by atoms with Crippen molar-refractivity contribution in [1.82, 2.24) is 0 Å². The van der Waals surface area contributed by atoms with Crippen molar-refractivity contribution in [1.29, 1.82) is 0 Å². The minimum Gasteiger partial charge on any atom is -0.493 e. The van der Waals surface area contributed by atoms with Crippen LogP contribution in [0.1, 0.15) is 36.2 Å². The number of thiophene rings is 1. The van der Waals surface area contributed by atoms with Gasteiger partial charge in [0.15, 0.2) is 0 Å². The van der Waals surface area contributed by atoms with Crippen LogP contribution in [-0.2, 0) is 9.53 Å². The number of nitro groups is 1. The Hall–Kier alpha value is -3.98. The molecule has 0 radical (unpaired) electrons. The van der Waals surface area contributed by atoms with E-state index in [0.29, 0.717) is 28.5 Å². The highest BCUT2D eigenvalue weighted by atomic mass is 32.1. The quantitative estimate of drug-likeness (QED) is 0.166. The zero-order chi connectivity index (χ0) is 24.5. The number of nitro benzene ring substituents is 1. The molecule has 176 valence electrons. The fourth-order valence-electron chi connectivity index (χ4n) is 3.14. The topological polar surface area (TPSA) is 108 Å². The van der Waals surface area contributed by atoms with Gasteiger partial charge in [0.05, 0.1) is 18.1 Å². The van der Waals surface area contributed by atoms with Crippen molar-refractivity contribution in [3.63, 3.8) is 0 Å². The molecule has 1 heterocycles. The molecular formula is C25H24N2O6S. The maximum atomic E-state index is 12.7. The van der Waals surface area contributed by atoms with E-state index in [1.807, 2.05) is 31.2 Å². The Morgan fingerprint density at radius 2 is 1.94 bits per heavy atom. The summed E-state index contributed by atoms with van der Waals surface area (Å²) >= 11 is 1.14. The van der Waals surface area contributed by atoms with Crippen LogP contribution in [0.5, 0.6) is 5.75 Å². The van der Waals surface area contributed by atoms with Gasteiger partial charge in [-0.15, -0.1) is 11.3 Å². The molecule has 0 aliphatic rings. The first kappa shape index (κ1) is 24.7. The van der Waals surface area contributed by atoms with Gasteiger partial charge in [-0.25, -0.2) is 4.79 Å². The van der Waals surface area contributed by atoms with Gasteiger partial charge in [0.2, 0.25) is 5.91 Å². The van der Waals surface area contributed by atoms with Crippen LogP contribution in [0.25, 0.3) is 17.2 Å². The molecule has 0 saturated heterocycles. The van der Waals surface area contributed by atoms with Crippen molar-refractivity contribution in [2.75, 3.05) is 18.5 Å². The molecule has 0 spiro atoms. The molecule has 0 unspecified atom stereocenters. The Morgan fingerprint density at radius 1 is 1.15 bits per heavy atom. The number of rotatable bonds is 10. The van der Waals surface area contributed by atoms with Gasteiger partial charge in [0, 0.05) is 34.7 Å². The van der Waals surface area contributed by atoms with E-state index in [9.17, 15) is 19.7 Å². The zero-order valence-corrected chi connectivity index (χ0v) is 19.6. The van der Waals surface area contributed by atoms with Gasteiger partial charge in [-0.2, -0.15) is 0 Å². The van der Waals surface area contributed by atoms with Crippen LogP contribution in [0.4, 0.5) is 10.7 Å². The van der Waals surface area contributed by atoms with E-state index in [2.05, 4.69) is 5.32 Å². The first-order chi connectivity index (χ1) is 16.4. The number of carbonyl (C=O) groups is 2. The fraction of sp³-hybridized carbons (Fsp3) is 0.200.